The Kier molecular flexibility index (Phi) is 2.17. The van der Waals surface area contributed by atoms with Crippen LogP contribution in [0.4, 0.5) is 5.69 Å². The second-order valence-electron chi connectivity index (χ2n) is 2.29. The van der Waals surface area contributed by atoms with E-state index in [2.05, 4.69) is 6.07 Å². The van der Waals surface area contributed by atoms with Crippen molar-refractivity contribution in [3.05, 3.63) is 29.3 Å². The average Bonchev–Trinajstić information content (AvgIpc) is 1.88. The summed E-state index contributed by atoms with van der Waals surface area (Å²) in [6, 6.07) is 8.56. The van der Waals surface area contributed by atoms with Crippen molar-refractivity contribution < 1.29 is 0 Å². The van der Waals surface area contributed by atoms with Gasteiger partial charge in [-0.1, -0.05) is 17.7 Å². The molecule has 0 heterocycles. The summed E-state index contributed by atoms with van der Waals surface area (Å²) in [5, 5.41) is 0.752. The van der Waals surface area contributed by atoms with Gasteiger partial charge in [0, 0.05) is 30.9 Å². The Bertz CT molecular complexity index is 220. The Morgan fingerprint density at radius 3 is 2.60 bits per heavy atom. The van der Waals surface area contributed by atoms with Gasteiger partial charge in [-0.3, -0.25) is 0 Å². The summed E-state index contributed by atoms with van der Waals surface area (Å²) in [6.07, 6.45) is 0. The third-order valence-electron chi connectivity index (χ3n) is 1.23. The van der Waals surface area contributed by atoms with Crippen molar-refractivity contribution >= 4 is 17.3 Å². The molecule has 1 aromatic carbocycles. The Morgan fingerprint density at radius 2 is 2.20 bits per heavy atom. The number of anilines is 1. The number of nitrogens with zero attached hydrogens (tertiary/aromatic N) is 1. The van der Waals surface area contributed by atoms with Crippen LogP contribution in [-0.2, 0) is 0 Å². The van der Waals surface area contributed by atoms with Gasteiger partial charge in [-0.05, 0) is 12.1 Å². The summed E-state index contributed by atoms with van der Waals surface area (Å²) < 4.78 is 0. The molecule has 0 N–H and O–H groups in total. The molecule has 0 aromatic heterocycles. The van der Waals surface area contributed by atoms with Crippen LogP contribution < -0.4 is 4.90 Å². The monoisotopic (exact) mass is 154 g/mol. The number of hydrogen-bond donors (Lipinski definition) is 0. The molecule has 0 fully saturated rings. The molecule has 0 spiro atoms. The molecule has 2 heteroatoms. The van der Waals surface area contributed by atoms with Crippen molar-refractivity contribution in [2.24, 2.45) is 0 Å². The van der Waals surface area contributed by atoms with Crippen molar-refractivity contribution in [2.45, 2.75) is 0 Å². The maximum Gasteiger partial charge on any atom is 0.0456 e. The van der Waals surface area contributed by atoms with Crippen LogP contribution in [0.2, 0.25) is 5.02 Å². The molecule has 0 amide bonds. The minimum atomic E-state index is 0.752. The minimum absolute atomic E-state index is 0.752. The van der Waals surface area contributed by atoms with Crippen LogP contribution in [0.5, 0.6) is 0 Å². The SMILES string of the molecule is CN(C)c1[c]ccc(Cl)c1. The summed E-state index contributed by atoms with van der Waals surface area (Å²) in [5.74, 6) is 0. The van der Waals surface area contributed by atoms with Crippen LogP contribution >= 0.6 is 11.6 Å². The number of rotatable bonds is 1. The topological polar surface area (TPSA) is 3.24 Å². The summed E-state index contributed by atoms with van der Waals surface area (Å²) in [5.41, 5.74) is 1.01. The van der Waals surface area contributed by atoms with E-state index in [9.17, 15) is 0 Å². The van der Waals surface area contributed by atoms with Crippen LogP contribution in [0.3, 0.4) is 0 Å². The summed E-state index contributed by atoms with van der Waals surface area (Å²) >= 11 is 5.74. The van der Waals surface area contributed by atoms with E-state index in [0.717, 1.165) is 10.7 Å². The quantitative estimate of drug-likeness (QED) is 0.600. The second kappa shape index (κ2) is 2.93. The Hall–Kier alpha value is -0.690. The Labute approximate surface area is 66.2 Å². The van der Waals surface area contributed by atoms with Crippen LogP contribution in [0.1, 0.15) is 0 Å². The summed E-state index contributed by atoms with van der Waals surface area (Å²) in [4.78, 5) is 1.96. The smallest absolute Gasteiger partial charge is 0.0456 e. The van der Waals surface area contributed by atoms with Gasteiger partial charge < -0.3 is 4.90 Å². The predicted molar refractivity (Wildman–Crippen MR) is 44.6 cm³/mol. The minimum Gasteiger partial charge on any atom is -0.377 e. The molecule has 0 aliphatic carbocycles. The Balaban J connectivity index is 2.96. The van der Waals surface area contributed by atoms with Gasteiger partial charge in [0.1, 0.15) is 0 Å². The lowest BCUT2D eigenvalue weighted by molar-refractivity contribution is 1.13. The highest BCUT2D eigenvalue weighted by Crippen LogP contribution is 2.15. The molecule has 10 heavy (non-hydrogen) atoms. The van der Waals surface area contributed by atoms with E-state index in [0.29, 0.717) is 0 Å². The van der Waals surface area contributed by atoms with Crippen molar-refractivity contribution in [3.8, 4) is 0 Å². The molecule has 1 radical (unpaired) electrons. The fourth-order valence-electron chi connectivity index (χ4n) is 0.685. The van der Waals surface area contributed by atoms with Crippen LogP contribution in [-0.4, -0.2) is 14.1 Å². The van der Waals surface area contributed by atoms with Gasteiger partial charge in [-0.15, -0.1) is 0 Å². The number of halogens is 1. The van der Waals surface area contributed by atoms with E-state index in [1.807, 2.05) is 37.2 Å². The third-order valence-corrected chi connectivity index (χ3v) is 1.47. The van der Waals surface area contributed by atoms with Gasteiger partial charge in [-0.2, -0.15) is 0 Å². The van der Waals surface area contributed by atoms with E-state index in [-0.39, 0.29) is 0 Å². The highest BCUT2D eigenvalue weighted by atomic mass is 35.5. The fourth-order valence-corrected chi connectivity index (χ4v) is 0.852. The normalized spacial score (nSPS) is 9.50. The standard InChI is InChI=1S/C8H9ClN/c1-10(2)8-5-3-4-7(9)6-8/h3-4,6H,1-2H3. The third kappa shape index (κ3) is 1.64. The zero-order chi connectivity index (χ0) is 7.56. The van der Waals surface area contributed by atoms with Gasteiger partial charge in [-0.25, -0.2) is 0 Å². The molecule has 1 aromatic rings. The maximum absolute atomic E-state index is 5.74. The molecule has 0 bridgehead atoms. The van der Waals surface area contributed by atoms with Crippen LogP contribution in [0.15, 0.2) is 18.2 Å². The Morgan fingerprint density at radius 1 is 1.50 bits per heavy atom. The molecular weight excluding hydrogens is 146 g/mol. The van der Waals surface area contributed by atoms with Gasteiger partial charge in [0.15, 0.2) is 0 Å². The van der Waals surface area contributed by atoms with E-state index in [1.54, 1.807) is 0 Å². The maximum atomic E-state index is 5.74. The molecular formula is C8H9ClN. The summed E-state index contributed by atoms with van der Waals surface area (Å²) in [7, 11) is 3.92. The van der Waals surface area contributed by atoms with Crippen LogP contribution in [0.25, 0.3) is 0 Å². The highest BCUT2D eigenvalue weighted by molar-refractivity contribution is 6.30. The lowest BCUT2D eigenvalue weighted by Crippen LogP contribution is -2.08. The van der Waals surface area contributed by atoms with Crippen molar-refractivity contribution in [2.75, 3.05) is 19.0 Å². The fraction of sp³-hybridized carbons (Fsp3) is 0.250. The average molecular weight is 155 g/mol. The molecule has 1 rings (SSSR count). The molecule has 0 atom stereocenters. The van der Waals surface area contributed by atoms with Crippen LogP contribution in [0, 0.1) is 6.07 Å². The second-order valence-corrected chi connectivity index (χ2v) is 2.72. The molecule has 0 saturated carbocycles. The first-order valence-corrected chi connectivity index (χ1v) is 3.42. The molecule has 0 saturated heterocycles. The van der Waals surface area contributed by atoms with E-state index < -0.39 is 0 Å². The van der Waals surface area contributed by atoms with E-state index in [4.69, 9.17) is 11.6 Å². The highest BCUT2D eigenvalue weighted by Gasteiger charge is 1.93. The first-order valence-electron chi connectivity index (χ1n) is 3.05. The number of hydrogen-bond acceptors (Lipinski definition) is 1. The molecule has 0 aliphatic rings. The lowest BCUT2D eigenvalue weighted by Gasteiger charge is -2.10. The van der Waals surface area contributed by atoms with Gasteiger partial charge in [0.2, 0.25) is 0 Å². The zero-order valence-electron chi connectivity index (χ0n) is 6.06. The van der Waals surface area contributed by atoms with Gasteiger partial charge in [0.25, 0.3) is 0 Å². The van der Waals surface area contributed by atoms with E-state index >= 15 is 0 Å². The lowest BCUT2D eigenvalue weighted by atomic mass is 10.3. The largest absolute Gasteiger partial charge is 0.377 e. The summed E-state index contributed by atoms with van der Waals surface area (Å²) in [6.45, 7) is 0. The van der Waals surface area contributed by atoms with E-state index in [1.165, 1.54) is 0 Å². The van der Waals surface area contributed by atoms with Crippen molar-refractivity contribution in [1.82, 2.24) is 0 Å². The molecule has 53 valence electrons. The van der Waals surface area contributed by atoms with Gasteiger partial charge >= 0.3 is 0 Å². The first kappa shape index (κ1) is 7.42. The first-order chi connectivity index (χ1) is 4.70. The number of benzene rings is 1. The van der Waals surface area contributed by atoms with Gasteiger partial charge in [0.05, 0.1) is 0 Å². The van der Waals surface area contributed by atoms with Crippen molar-refractivity contribution in [1.29, 1.82) is 0 Å². The molecule has 1 nitrogen and oxygen atoms in total. The van der Waals surface area contributed by atoms with Crippen molar-refractivity contribution in [3.63, 3.8) is 0 Å². The molecule has 0 unspecified atom stereocenters. The molecule has 0 aliphatic heterocycles. The predicted octanol–water partition coefficient (Wildman–Crippen LogP) is 2.21. The zero-order valence-corrected chi connectivity index (χ0v) is 6.81.